The topological polar surface area (TPSA) is 84.9 Å². The summed E-state index contributed by atoms with van der Waals surface area (Å²) in [7, 11) is 0. The Balaban J connectivity index is 1.82. The van der Waals surface area contributed by atoms with Crippen molar-refractivity contribution < 1.29 is 23.9 Å². The maximum absolute atomic E-state index is 12.1. The number of nitrogens with one attached hydrogen (secondary N) is 1. The molecular formula is C19H26N2O5. The van der Waals surface area contributed by atoms with E-state index in [1.54, 1.807) is 25.7 Å². The first-order valence-corrected chi connectivity index (χ1v) is 8.69. The Kier molecular flexibility index (Phi) is 6.60. The molecule has 0 aromatic heterocycles. The fraction of sp³-hybridized carbons (Fsp3) is 0.526. The number of alkyl carbamates (subject to hydrolysis) is 1. The van der Waals surface area contributed by atoms with E-state index in [1.165, 1.54) is 0 Å². The van der Waals surface area contributed by atoms with Gasteiger partial charge in [-0.05, 0) is 32.8 Å². The quantitative estimate of drug-likeness (QED) is 0.814. The van der Waals surface area contributed by atoms with E-state index < -0.39 is 23.8 Å². The van der Waals surface area contributed by atoms with E-state index in [4.69, 9.17) is 9.47 Å². The van der Waals surface area contributed by atoms with Crippen LogP contribution < -0.4 is 5.32 Å². The number of carbonyl (C=O) groups excluding carboxylic acids is 3. The van der Waals surface area contributed by atoms with Crippen molar-refractivity contribution in [2.24, 2.45) is 5.92 Å². The van der Waals surface area contributed by atoms with E-state index in [9.17, 15) is 14.4 Å². The maximum atomic E-state index is 12.1. The van der Waals surface area contributed by atoms with Gasteiger partial charge in [-0.15, -0.1) is 0 Å². The molecule has 0 bridgehead atoms. The number of hydrogen-bond acceptors (Lipinski definition) is 5. The van der Waals surface area contributed by atoms with Crippen molar-refractivity contribution in [1.82, 2.24) is 10.2 Å². The van der Waals surface area contributed by atoms with E-state index >= 15 is 0 Å². The molecule has 0 aliphatic carbocycles. The summed E-state index contributed by atoms with van der Waals surface area (Å²) in [6, 6.07) is 8.58. The van der Waals surface area contributed by atoms with Crippen LogP contribution in [0.2, 0.25) is 0 Å². The number of amides is 2. The highest BCUT2D eigenvalue weighted by Crippen LogP contribution is 2.21. The minimum atomic E-state index is -0.703. The van der Waals surface area contributed by atoms with Crippen LogP contribution in [0.15, 0.2) is 30.3 Å². The Morgan fingerprint density at radius 3 is 2.62 bits per heavy atom. The summed E-state index contributed by atoms with van der Waals surface area (Å²) in [5.41, 5.74) is 0.293. The van der Waals surface area contributed by atoms with Crippen molar-refractivity contribution in [3.63, 3.8) is 0 Å². The van der Waals surface area contributed by atoms with E-state index in [0.29, 0.717) is 25.8 Å². The summed E-state index contributed by atoms with van der Waals surface area (Å²) in [5.74, 6) is -0.163. The number of aldehydes is 1. The first kappa shape index (κ1) is 19.8. The van der Waals surface area contributed by atoms with Crippen LogP contribution >= 0.6 is 0 Å². The lowest BCUT2D eigenvalue weighted by Gasteiger charge is -2.25. The molecule has 1 aliphatic rings. The highest BCUT2D eigenvalue weighted by molar-refractivity contribution is 5.74. The molecule has 1 N–H and O–H groups in total. The summed E-state index contributed by atoms with van der Waals surface area (Å²) in [5, 5.41) is 2.58. The van der Waals surface area contributed by atoms with Gasteiger partial charge in [0.05, 0.1) is 6.04 Å². The first-order chi connectivity index (χ1) is 12.3. The van der Waals surface area contributed by atoms with E-state index in [1.807, 2.05) is 30.3 Å². The zero-order valence-electron chi connectivity index (χ0n) is 15.4. The molecule has 1 aromatic carbocycles. The fourth-order valence-electron chi connectivity index (χ4n) is 2.74. The van der Waals surface area contributed by atoms with Crippen LogP contribution in [0.1, 0.15) is 32.8 Å². The molecule has 2 amide bonds. The van der Waals surface area contributed by atoms with E-state index in [0.717, 1.165) is 5.56 Å². The predicted octanol–water partition coefficient (Wildman–Crippen LogP) is 2.74. The third kappa shape index (κ3) is 6.06. The van der Waals surface area contributed by atoms with Crippen molar-refractivity contribution in [3.8, 4) is 0 Å². The number of rotatable bonds is 5. The molecule has 1 fully saturated rings. The Morgan fingerprint density at radius 1 is 1.31 bits per heavy atom. The fourth-order valence-corrected chi connectivity index (χ4v) is 2.74. The second-order valence-electron chi connectivity index (χ2n) is 7.34. The zero-order chi connectivity index (χ0) is 19.2. The molecule has 1 aromatic rings. The van der Waals surface area contributed by atoms with Gasteiger partial charge in [0.25, 0.3) is 0 Å². The van der Waals surface area contributed by atoms with Gasteiger partial charge in [0.15, 0.2) is 0 Å². The Morgan fingerprint density at radius 2 is 2.00 bits per heavy atom. The molecule has 0 saturated carbocycles. The van der Waals surface area contributed by atoms with Crippen LogP contribution in [0.3, 0.4) is 0 Å². The minimum absolute atomic E-state index is 0.132. The average molecular weight is 362 g/mol. The lowest BCUT2D eigenvalue weighted by atomic mass is 10.0. The van der Waals surface area contributed by atoms with Gasteiger partial charge in [-0.2, -0.15) is 0 Å². The monoisotopic (exact) mass is 362 g/mol. The van der Waals surface area contributed by atoms with Gasteiger partial charge in [-0.25, -0.2) is 9.59 Å². The molecule has 1 saturated heterocycles. The van der Waals surface area contributed by atoms with Gasteiger partial charge in [0, 0.05) is 19.0 Å². The number of nitrogens with zero attached hydrogens (tertiary/aromatic N) is 1. The third-order valence-corrected chi connectivity index (χ3v) is 4.03. The number of ether oxygens (including phenoxy) is 2. The van der Waals surface area contributed by atoms with Crippen molar-refractivity contribution in [1.29, 1.82) is 0 Å². The van der Waals surface area contributed by atoms with Crippen LogP contribution in [0.5, 0.6) is 0 Å². The van der Waals surface area contributed by atoms with Crippen LogP contribution in [0.25, 0.3) is 0 Å². The first-order valence-electron chi connectivity index (χ1n) is 8.69. The second-order valence-corrected chi connectivity index (χ2v) is 7.34. The van der Waals surface area contributed by atoms with Crippen molar-refractivity contribution in [2.75, 3.05) is 13.1 Å². The van der Waals surface area contributed by atoms with Crippen molar-refractivity contribution in [2.45, 2.75) is 45.4 Å². The SMILES string of the molecule is CC(C)(C)OC(=O)N1CCC(C(C=O)NC(=O)OCc2ccccc2)C1. The lowest BCUT2D eigenvalue weighted by Crippen LogP contribution is -2.43. The Bertz CT molecular complexity index is 627. The van der Waals surface area contributed by atoms with E-state index in [2.05, 4.69) is 5.32 Å². The molecule has 2 rings (SSSR count). The minimum Gasteiger partial charge on any atom is -0.445 e. The molecule has 26 heavy (non-hydrogen) atoms. The van der Waals surface area contributed by atoms with Crippen LogP contribution in [-0.2, 0) is 20.9 Å². The molecule has 2 atom stereocenters. The molecule has 1 aliphatic heterocycles. The summed E-state index contributed by atoms with van der Waals surface area (Å²) < 4.78 is 10.5. The standard InChI is InChI=1S/C19H26N2O5/c1-19(2,3)26-18(24)21-10-9-15(11-21)16(12-22)20-17(23)25-13-14-7-5-4-6-8-14/h4-8,12,15-16H,9-11,13H2,1-3H3,(H,20,23). The number of likely N-dealkylation sites (tertiary alicyclic amines) is 1. The molecule has 7 heteroatoms. The normalized spacial score (nSPS) is 18.1. The van der Waals surface area contributed by atoms with Crippen LogP contribution in [0, 0.1) is 5.92 Å². The third-order valence-electron chi connectivity index (χ3n) is 4.03. The molecule has 1 heterocycles. The summed E-state index contributed by atoms with van der Waals surface area (Å²) in [4.78, 5) is 37.0. The van der Waals surface area contributed by atoms with Crippen LogP contribution in [0.4, 0.5) is 9.59 Å². The zero-order valence-corrected chi connectivity index (χ0v) is 15.4. The molecule has 7 nitrogen and oxygen atoms in total. The van der Waals surface area contributed by atoms with Gasteiger partial charge in [-0.1, -0.05) is 30.3 Å². The highest BCUT2D eigenvalue weighted by Gasteiger charge is 2.34. The van der Waals surface area contributed by atoms with E-state index in [-0.39, 0.29) is 12.5 Å². The average Bonchev–Trinajstić information content (AvgIpc) is 3.07. The lowest BCUT2D eigenvalue weighted by molar-refractivity contribution is -0.110. The second kappa shape index (κ2) is 8.69. The predicted molar refractivity (Wildman–Crippen MR) is 95.5 cm³/mol. The van der Waals surface area contributed by atoms with Gasteiger partial charge < -0.3 is 24.5 Å². The molecular weight excluding hydrogens is 336 g/mol. The smallest absolute Gasteiger partial charge is 0.410 e. The van der Waals surface area contributed by atoms with Crippen molar-refractivity contribution >= 4 is 18.5 Å². The number of benzene rings is 1. The van der Waals surface area contributed by atoms with Gasteiger partial charge >= 0.3 is 12.2 Å². The molecule has 2 unspecified atom stereocenters. The largest absolute Gasteiger partial charge is 0.445 e. The number of hydrogen-bond donors (Lipinski definition) is 1. The summed E-state index contributed by atoms with van der Waals surface area (Å²) in [6.07, 6.45) is 0.243. The molecule has 0 spiro atoms. The summed E-state index contributed by atoms with van der Waals surface area (Å²) in [6.45, 7) is 6.39. The van der Waals surface area contributed by atoms with Gasteiger partial charge in [0.1, 0.15) is 18.5 Å². The maximum Gasteiger partial charge on any atom is 0.410 e. The molecule has 0 radical (unpaired) electrons. The summed E-state index contributed by atoms with van der Waals surface area (Å²) >= 11 is 0. The van der Waals surface area contributed by atoms with Gasteiger partial charge in [0.2, 0.25) is 0 Å². The van der Waals surface area contributed by atoms with Crippen molar-refractivity contribution in [3.05, 3.63) is 35.9 Å². The Labute approximate surface area is 153 Å². The van der Waals surface area contributed by atoms with Crippen LogP contribution in [-0.4, -0.2) is 48.1 Å². The Hall–Kier alpha value is -2.57. The molecule has 142 valence electrons. The number of carbonyl (C=O) groups is 3. The van der Waals surface area contributed by atoms with Gasteiger partial charge in [-0.3, -0.25) is 0 Å². The highest BCUT2D eigenvalue weighted by atomic mass is 16.6.